The summed E-state index contributed by atoms with van der Waals surface area (Å²) in [5.41, 5.74) is 2.86. The van der Waals surface area contributed by atoms with Gasteiger partial charge in [-0.15, -0.1) is 0 Å². The zero-order valence-electron chi connectivity index (χ0n) is 19.0. The number of rotatable bonds is 7. The van der Waals surface area contributed by atoms with Crippen LogP contribution in [0.5, 0.6) is 11.5 Å². The minimum atomic E-state index is -0.339. The Labute approximate surface area is 209 Å². The fraction of sp³-hybridized carbons (Fsp3) is 0.269. The SMILES string of the molecule is CCOc1ccc(C(=O)Nc2cc(Cl)c(Cl)cc2Cl)cc1COc1ccc(C(C)(C)C)cc1. The van der Waals surface area contributed by atoms with E-state index in [0.717, 1.165) is 11.3 Å². The van der Waals surface area contributed by atoms with Gasteiger partial charge in [0.2, 0.25) is 0 Å². The molecule has 0 saturated heterocycles. The van der Waals surface area contributed by atoms with Crippen molar-refractivity contribution in [2.45, 2.75) is 39.7 Å². The maximum atomic E-state index is 12.9. The summed E-state index contributed by atoms with van der Waals surface area (Å²) < 4.78 is 11.7. The van der Waals surface area contributed by atoms with Crippen LogP contribution in [-0.2, 0) is 12.0 Å². The molecular weight excluding hydrogens is 481 g/mol. The smallest absolute Gasteiger partial charge is 0.255 e. The molecule has 0 unspecified atom stereocenters. The zero-order valence-corrected chi connectivity index (χ0v) is 21.2. The monoisotopic (exact) mass is 505 g/mol. The minimum Gasteiger partial charge on any atom is -0.493 e. The van der Waals surface area contributed by atoms with Gasteiger partial charge in [0.25, 0.3) is 5.91 Å². The molecule has 1 amide bonds. The van der Waals surface area contributed by atoms with Crippen LogP contribution in [0.3, 0.4) is 0 Å². The third-order valence-electron chi connectivity index (χ3n) is 5.00. The maximum Gasteiger partial charge on any atom is 0.255 e. The van der Waals surface area contributed by atoms with Crippen LogP contribution in [0.4, 0.5) is 5.69 Å². The molecule has 33 heavy (non-hydrogen) atoms. The number of carbonyl (C=O) groups excluding carboxylic acids is 1. The third kappa shape index (κ3) is 6.57. The summed E-state index contributed by atoms with van der Waals surface area (Å²) in [5, 5.41) is 3.68. The Kier molecular flexibility index (Phi) is 8.17. The quantitative estimate of drug-likeness (QED) is 0.329. The average Bonchev–Trinajstić information content (AvgIpc) is 2.76. The van der Waals surface area contributed by atoms with E-state index in [9.17, 15) is 4.79 Å². The molecular formula is C26H26Cl3NO3. The van der Waals surface area contributed by atoms with Crippen LogP contribution < -0.4 is 14.8 Å². The highest BCUT2D eigenvalue weighted by Crippen LogP contribution is 2.33. The van der Waals surface area contributed by atoms with Crippen LogP contribution in [0.1, 0.15) is 49.2 Å². The summed E-state index contributed by atoms with van der Waals surface area (Å²) >= 11 is 18.2. The van der Waals surface area contributed by atoms with Crippen molar-refractivity contribution in [1.82, 2.24) is 0 Å². The molecule has 0 aliphatic heterocycles. The highest BCUT2D eigenvalue weighted by Gasteiger charge is 2.15. The van der Waals surface area contributed by atoms with Crippen LogP contribution in [0.2, 0.25) is 15.1 Å². The predicted octanol–water partition coefficient (Wildman–Crippen LogP) is 8.17. The van der Waals surface area contributed by atoms with Gasteiger partial charge in [-0.2, -0.15) is 0 Å². The van der Waals surface area contributed by atoms with E-state index in [-0.39, 0.29) is 17.9 Å². The number of anilines is 1. The van der Waals surface area contributed by atoms with Crippen molar-refractivity contribution in [3.05, 3.63) is 86.4 Å². The van der Waals surface area contributed by atoms with Crippen LogP contribution in [0.15, 0.2) is 54.6 Å². The predicted molar refractivity (Wildman–Crippen MR) is 137 cm³/mol. The molecule has 3 aromatic carbocycles. The van der Waals surface area contributed by atoms with Gasteiger partial charge in [0.05, 0.1) is 27.4 Å². The van der Waals surface area contributed by atoms with E-state index in [1.54, 1.807) is 18.2 Å². The summed E-state index contributed by atoms with van der Waals surface area (Å²) in [6.45, 7) is 9.15. The van der Waals surface area contributed by atoms with Gasteiger partial charge in [0.15, 0.2) is 0 Å². The number of ether oxygens (including phenoxy) is 2. The number of amides is 1. The topological polar surface area (TPSA) is 47.6 Å². The van der Waals surface area contributed by atoms with Gasteiger partial charge in [-0.25, -0.2) is 0 Å². The Bertz CT molecular complexity index is 1140. The normalized spacial score (nSPS) is 11.2. The Balaban J connectivity index is 1.79. The minimum absolute atomic E-state index is 0.0690. The third-order valence-corrected chi connectivity index (χ3v) is 6.03. The van der Waals surface area contributed by atoms with Gasteiger partial charge in [0.1, 0.15) is 18.1 Å². The molecule has 0 radical (unpaired) electrons. The fourth-order valence-corrected chi connectivity index (χ4v) is 3.75. The van der Waals surface area contributed by atoms with E-state index in [1.165, 1.54) is 17.7 Å². The number of nitrogens with one attached hydrogen (secondary N) is 1. The molecule has 0 fully saturated rings. The van der Waals surface area contributed by atoms with E-state index >= 15 is 0 Å². The molecule has 3 aromatic rings. The van der Waals surface area contributed by atoms with Gasteiger partial charge in [-0.05, 0) is 60.4 Å². The van der Waals surface area contributed by atoms with Crippen molar-refractivity contribution in [3.8, 4) is 11.5 Å². The molecule has 4 nitrogen and oxygen atoms in total. The van der Waals surface area contributed by atoms with E-state index in [2.05, 4.69) is 38.2 Å². The molecule has 0 heterocycles. The van der Waals surface area contributed by atoms with Crippen LogP contribution in [-0.4, -0.2) is 12.5 Å². The number of halogens is 3. The van der Waals surface area contributed by atoms with Crippen molar-refractivity contribution >= 4 is 46.4 Å². The van der Waals surface area contributed by atoms with Gasteiger partial charge in [-0.1, -0.05) is 67.7 Å². The number of carbonyl (C=O) groups is 1. The second-order valence-electron chi connectivity index (χ2n) is 8.52. The Morgan fingerprint density at radius 2 is 1.55 bits per heavy atom. The van der Waals surface area contributed by atoms with Crippen molar-refractivity contribution < 1.29 is 14.3 Å². The lowest BCUT2D eigenvalue weighted by Gasteiger charge is -2.19. The van der Waals surface area contributed by atoms with Crippen LogP contribution in [0, 0.1) is 0 Å². The first-order chi connectivity index (χ1) is 15.6. The van der Waals surface area contributed by atoms with Crippen molar-refractivity contribution in [2.75, 3.05) is 11.9 Å². The highest BCUT2D eigenvalue weighted by atomic mass is 35.5. The zero-order chi connectivity index (χ0) is 24.2. The molecule has 174 valence electrons. The lowest BCUT2D eigenvalue weighted by molar-refractivity contribution is 0.102. The summed E-state index contributed by atoms with van der Waals surface area (Å²) in [7, 11) is 0. The Morgan fingerprint density at radius 3 is 2.18 bits per heavy atom. The molecule has 1 N–H and O–H groups in total. The fourth-order valence-electron chi connectivity index (χ4n) is 3.15. The molecule has 0 saturated carbocycles. The van der Waals surface area contributed by atoms with Crippen molar-refractivity contribution in [3.63, 3.8) is 0 Å². The standard InChI is InChI=1S/C26H26Cl3NO3/c1-5-32-24-11-6-16(25(31)30-23-14-21(28)20(27)13-22(23)29)12-17(24)15-33-19-9-7-18(8-10-19)26(2,3)4/h6-14H,5,15H2,1-4H3,(H,30,31). The van der Waals surface area contributed by atoms with Crippen LogP contribution in [0.25, 0.3) is 0 Å². The average molecular weight is 507 g/mol. The summed E-state index contributed by atoms with van der Waals surface area (Å²) in [6.07, 6.45) is 0. The maximum absolute atomic E-state index is 12.9. The molecule has 3 rings (SSSR count). The van der Waals surface area contributed by atoms with Crippen molar-refractivity contribution in [2.24, 2.45) is 0 Å². The van der Waals surface area contributed by atoms with E-state index in [4.69, 9.17) is 44.3 Å². The summed E-state index contributed by atoms with van der Waals surface area (Å²) in [4.78, 5) is 12.9. The summed E-state index contributed by atoms with van der Waals surface area (Å²) in [6, 6.07) is 16.2. The lowest BCUT2D eigenvalue weighted by atomic mass is 9.87. The molecule has 0 spiro atoms. The molecule has 0 atom stereocenters. The van der Waals surface area contributed by atoms with Gasteiger partial charge in [0, 0.05) is 11.1 Å². The lowest BCUT2D eigenvalue weighted by Crippen LogP contribution is -2.13. The Morgan fingerprint density at radius 1 is 0.879 bits per heavy atom. The first-order valence-electron chi connectivity index (χ1n) is 10.5. The van der Waals surface area contributed by atoms with Crippen molar-refractivity contribution in [1.29, 1.82) is 0 Å². The molecule has 0 aromatic heterocycles. The first-order valence-corrected chi connectivity index (χ1v) is 11.7. The second-order valence-corrected chi connectivity index (χ2v) is 9.74. The summed E-state index contributed by atoms with van der Waals surface area (Å²) in [5.74, 6) is 1.06. The highest BCUT2D eigenvalue weighted by molar-refractivity contribution is 6.44. The first kappa shape index (κ1) is 25.2. The van der Waals surface area contributed by atoms with E-state index in [1.807, 2.05) is 19.1 Å². The molecule has 0 bridgehead atoms. The van der Waals surface area contributed by atoms with Gasteiger partial charge >= 0.3 is 0 Å². The second kappa shape index (κ2) is 10.7. The van der Waals surface area contributed by atoms with E-state index in [0.29, 0.717) is 38.7 Å². The van der Waals surface area contributed by atoms with E-state index < -0.39 is 0 Å². The Hall–Kier alpha value is -2.40. The van der Waals surface area contributed by atoms with Gasteiger partial charge < -0.3 is 14.8 Å². The molecule has 0 aliphatic carbocycles. The van der Waals surface area contributed by atoms with Gasteiger partial charge in [-0.3, -0.25) is 4.79 Å². The largest absolute Gasteiger partial charge is 0.493 e. The number of hydrogen-bond donors (Lipinski definition) is 1. The molecule has 7 heteroatoms. The number of benzene rings is 3. The molecule has 0 aliphatic rings. The number of hydrogen-bond acceptors (Lipinski definition) is 3. The van der Waals surface area contributed by atoms with Crippen LogP contribution >= 0.6 is 34.8 Å².